The maximum atomic E-state index is 14.0. The number of amides is 1. The molecule has 0 aliphatic heterocycles. The molecule has 0 unspecified atom stereocenters. The van der Waals surface area contributed by atoms with E-state index in [9.17, 15) is 27.2 Å². The summed E-state index contributed by atoms with van der Waals surface area (Å²) in [7, 11) is 0. The molecule has 0 atom stereocenters. The van der Waals surface area contributed by atoms with Gasteiger partial charge in [0, 0.05) is 28.9 Å². The average molecular weight is 476 g/mol. The van der Waals surface area contributed by atoms with Crippen LogP contribution in [0.5, 0.6) is 0 Å². The highest BCUT2D eigenvalue weighted by atomic mass is 35.5. The number of fused-ring (bicyclic) bond motifs is 1. The minimum atomic E-state index is -4.65. The Kier molecular flexibility index (Phi) is 5.90. The van der Waals surface area contributed by atoms with Gasteiger partial charge < -0.3 is 5.32 Å². The lowest BCUT2D eigenvalue weighted by Gasteiger charge is -2.13. The molecule has 1 amide bonds. The van der Waals surface area contributed by atoms with Crippen molar-refractivity contribution < 1.29 is 22.4 Å². The summed E-state index contributed by atoms with van der Waals surface area (Å²) in [6.07, 6.45) is -2.37. The Morgan fingerprint density at radius 2 is 1.85 bits per heavy atom. The summed E-state index contributed by atoms with van der Waals surface area (Å²) < 4.78 is 54.3. The second kappa shape index (κ2) is 8.67. The zero-order chi connectivity index (χ0) is 23.8. The van der Waals surface area contributed by atoms with Gasteiger partial charge in [0.1, 0.15) is 5.69 Å². The van der Waals surface area contributed by atoms with Gasteiger partial charge in [-0.05, 0) is 48.0 Å². The summed E-state index contributed by atoms with van der Waals surface area (Å²) in [5, 5.41) is 2.76. The van der Waals surface area contributed by atoms with E-state index in [1.807, 2.05) is 0 Å². The summed E-state index contributed by atoms with van der Waals surface area (Å²) in [5.74, 6) is -1.40. The predicted molar refractivity (Wildman–Crippen MR) is 116 cm³/mol. The van der Waals surface area contributed by atoms with Gasteiger partial charge in [0.2, 0.25) is 11.9 Å². The molecule has 0 aliphatic rings. The fourth-order valence-corrected chi connectivity index (χ4v) is 3.64. The molecule has 2 aromatic heterocycles. The standard InChI is InChI=1S/C23H14ClF4N3O2/c24-17-7-6-13(11-16(17)23(26,27)28)12-20(32)30-18-4-1-3-15-14(18)8-10-31(22(15)33)19-5-2-9-29-21(19)25/h1-11H,12H2,(H,30,32). The molecule has 2 heterocycles. The van der Waals surface area contributed by atoms with Crippen LogP contribution in [0.2, 0.25) is 5.02 Å². The highest BCUT2D eigenvalue weighted by Gasteiger charge is 2.33. The molecule has 0 bridgehead atoms. The van der Waals surface area contributed by atoms with Crippen molar-refractivity contribution in [1.82, 2.24) is 9.55 Å². The Labute approximate surface area is 189 Å². The first-order valence-electron chi connectivity index (χ1n) is 9.56. The summed E-state index contributed by atoms with van der Waals surface area (Å²) in [4.78, 5) is 29.0. The molecule has 2 aromatic carbocycles. The van der Waals surface area contributed by atoms with Gasteiger partial charge >= 0.3 is 6.18 Å². The van der Waals surface area contributed by atoms with E-state index >= 15 is 0 Å². The minimum absolute atomic E-state index is 0.0259. The molecular weight excluding hydrogens is 462 g/mol. The van der Waals surface area contributed by atoms with Crippen LogP contribution in [0.4, 0.5) is 23.2 Å². The number of pyridine rings is 2. The second-order valence-electron chi connectivity index (χ2n) is 7.11. The van der Waals surface area contributed by atoms with Crippen LogP contribution < -0.4 is 10.9 Å². The van der Waals surface area contributed by atoms with E-state index < -0.39 is 34.2 Å². The van der Waals surface area contributed by atoms with Crippen molar-refractivity contribution in [2.24, 2.45) is 0 Å². The number of hydrogen-bond donors (Lipinski definition) is 1. The van der Waals surface area contributed by atoms with Gasteiger partial charge in [0.25, 0.3) is 5.56 Å². The molecule has 0 aliphatic carbocycles. The first-order valence-corrected chi connectivity index (χ1v) is 9.93. The fraction of sp³-hybridized carbons (Fsp3) is 0.0870. The number of benzene rings is 2. The van der Waals surface area contributed by atoms with E-state index in [1.54, 1.807) is 6.07 Å². The zero-order valence-corrected chi connectivity index (χ0v) is 17.4. The molecule has 4 aromatic rings. The van der Waals surface area contributed by atoms with Crippen LogP contribution in [0.1, 0.15) is 11.1 Å². The molecule has 0 saturated carbocycles. The number of alkyl halides is 3. The number of nitrogens with one attached hydrogen (secondary N) is 1. The molecule has 5 nitrogen and oxygen atoms in total. The van der Waals surface area contributed by atoms with Crippen molar-refractivity contribution in [3.63, 3.8) is 0 Å². The lowest BCUT2D eigenvalue weighted by molar-refractivity contribution is -0.137. The summed E-state index contributed by atoms with van der Waals surface area (Å²) in [6, 6.07) is 12.3. The van der Waals surface area contributed by atoms with E-state index in [0.29, 0.717) is 11.1 Å². The smallest absolute Gasteiger partial charge is 0.325 e. The number of halogens is 5. The Hall–Kier alpha value is -3.72. The number of nitrogens with zero attached hydrogens (tertiary/aromatic N) is 2. The van der Waals surface area contributed by atoms with Crippen LogP contribution >= 0.6 is 11.6 Å². The molecule has 10 heteroatoms. The normalized spacial score (nSPS) is 11.5. The molecule has 1 N–H and O–H groups in total. The molecule has 4 rings (SSSR count). The molecular formula is C23H14ClF4N3O2. The maximum Gasteiger partial charge on any atom is 0.417 e. The van der Waals surface area contributed by atoms with Crippen LogP contribution in [0.3, 0.4) is 0 Å². The quantitative estimate of drug-likeness (QED) is 0.318. The van der Waals surface area contributed by atoms with Gasteiger partial charge in [-0.3, -0.25) is 14.2 Å². The van der Waals surface area contributed by atoms with Gasteiger partial charge in [0.15, 0.2) is 0 Å². The van der Waals surface area contributed by atoms with Crippen LogP contribution in [0.25, 0.3) is 16.5 Å². The van der Waals surface area contributed by atoms with Crippen LogP contribution in [0.15, 0.2) is 71.8 Å². The first-order chi connectivity index (χ1) is 15.6. The van der Waals surface area contributed by atoms with Gasteiger partial charge in [-0.1, -0.05) is 23.7 Å². The van der Waals surface area contributed by atoms with E-state index in [-0.39, 0.29) is 23.1 Å². The Morgan fingerprint density at radius 3 is 2.58 bits per heavy atom. The molecule has 0 saturated heterocycles. The molecule has 0 fully saturated rings. The molecule has 0 radical (unpaired) electrons. The second-order valence-corrected chi connectivity index (χ2v) is 7.52. The van der Waals surface area contributed by atoms with Gasteiger partial charge in [-0.25, -0.2) is 4.98 Å². The first kappa shape index (κ1) is 22.5. The highest BCUT2D eigenvalue weighted by molar-refractivity contribution is 6.31. The SMILES string of the molecule is O=C(Cc1ccc(Cl)c(C(F)(F)F)c1)Nc1cccc2c(=O)n(-c3cccnc3F)ccc12. The van der Waals surface area contributed by atoms with Crippen molar-refractivity contribution in [2.75, 3.05) is 5.32 Å². The van der Waals surface area contributed by atoms with Crippen molar-refractivity contribution >= 4 is 34.0 Å². The number of aromatic nitrogens is 2. The largest absolute Gasteiger partial charge is 0.417 e. The van der Waals surface area contributed by atoms with Crippen molar-refractivity contribution in [2.45, 2.75) is 12.6 Å². The number of anilines is 1. The number of carbonyl (C=O) groups excluding carboxylic acids is 1. The Bertz CT molecular complexity index is 1430. The number of carbonyl (C=O) groups is 1. The number of rotatable bonds is 4. The van der Waals surface area contributed by atoms with Crippen LogP contribution in [-0.4, -0.2) is 15.5 Å². The van der Waals surface area contributed by atoms with Gasteiger partial charge in [-0.15, -0.1) is 0 Å². The van der Waals surface area contributed by atoms with Crippen LogP contribution in [-0.2, 0) is 17.4 Å². The third-order valence-corrected chi connectivity index (χ3v) is 5.25. The van der Waals surface area contributed by atoms with Crippen LogP contribution in [0, 0.1) is 5.95 Å². The monoisotopic (exact) mass is 475 g/mol. The Morgan fingerprint density at radius 1 is 1.06 bits per heavy atom. The molecule has 33 heavy (non-hydrogen) atoms. The van der Waals surface area contributed by atoms with Gasteiger partial charge in [-0.2, -0.15) is 17.6 Å². The van der Waals surface area contributed by atoms with E-state index in [4.69, 9.17) is 11.6 Å². The van der Waals surface area contributed by atoms with E-state index in [1.165, 1.54) is 48.8 Å². The summed E-state index contributed by atoms with van der Waals surface area (Å²) in [6.45, 7) is 0. The molecule has 168 valence electrons. The van der Waals surface area contributed by atoms with E-state index in [2.05, 4.69) is 10.3 Å². The summed E-state index contributed by atoms with van der Waals surface area (Å²) >= 11 is 5.61. The van der Waals surface area contributed by atoms with E-state index in [0.717, 1.165) is 16.7 Å². The number of hydrogen-bond acceptors (Lipinski definition) is 3. The minimum Gasteiger partial charge on any atom is -0.325 e. The zero-order valence-electron chi connectivity index (χ0n) is 16.7. The Balaban J connectivity index is 1.64. The third-order valence-electron chi connectivity index (χ3n) is 4.92. The highest BCUT2D eigenvalue weighted by Crippen LogP contribution is 2.35. The fourth-order valence-electron chi connectivity index (χ4n) is 3.41. The topological polar surface area (TPSA) is 64.0 Å². The third kappa shape index (κ3) is 4.58. The summed E-state index contributed by atoms with van der Waals surface area (Å²) in [5.41, 5.74) is -1.16. The lowest BCUT2D eigenvalue weighted by Crippen LogP contribution is -2.20. The van der Waals surface area contributed by atoms with Crippen molar-refractivity contribution in [3.8, 4) is 5.69 Å². The van der Waals surface area contributed by atoms with Crippen molar-refractivity contribution in [3.05, 3.63) is 99.4 Å². The molecule has 0 spiro atoms. The predicted octanol–water partition coefficient (Wildman–Crippen LogP) is 5.38. The van der Waals surface area contributed by atoms with Gasteiger partial charge in [0.05, 0.1) is 17.0 Å². The lowest BCUT2D eigenvalue weighted by atomic mass is 10.1. The van der Waals surface area contributed by atoms with Crippen molar-refractivity contribution in [1.29, 1.82) is 0 Å². The maximum absolute atomic E-state index is 14.0. The average Bonchev–Trinajstić information content (AvgIpc) is 2.76.